The van der Waals surface area contributed by atoms with Gasteiger partial charge in [-0.15, -0.1) is 0 Å². The molecule has 1 heterocycles. The van der Waals surface area contributed by atoms with E-state index in [9.17, 15) is 0 Å². The Balaban J connectivity index is 2.16. The number of pyridine rings is 1. The first-order valence-electron chi connectivity index (χ1n) is 10.3. The van der Waals surface area contributed by atoms with Crippen molar-refractivity contribution in [2.45, 2.75) is 41.0 Å². The van der Waals surface area contributed by atoms with Crippen LogP contribution in [0.1, 0.15) is 38.8 Å². The molecular formula is C25H30N+. The number of aromatic nitrogens is 1. The first-order chi connectivity index (χ1) is 13.1. The maximum absolute atomic E-state index is 8.50. The number of nitrogens with zero attached hydrogens (tertiary/aromatic N) is 1. The normalized spacial score (nSPS) is 12.9. The second-order valence-electron chi connectivity index (χ2n) is 7.51. The Morgan fingerprint density at radius 1 is 0.885 bits per heavy atom. The van der Waals surface area contributed by atoms with E-state index < -0.39 is 6.37 Å². The van der Waals surface area contributed by atoms with E-state index in [0.717, 1.165) is 16.8 Å². The number of hydrogen-bond donors (Lipinski definition) is 0. The maximum Gasteiger partial charge on any atom is 0.212 e. The van der Waals surface area contributed by atoms with Crippen LogP contribution in [0.25, 0.3) is 22.4 Å². The summed E-state index contributed by atoms with van der Waals surface area (Å²) in [5.41, 5.74) is 8.98. The summed E-state index contributed by atoms with van der Waals surface area (Å²) >= 11 is 0. The zero-order valence-corrected chi connectivity index (χ0v) is 16.7. The third kappa shape index (κ3) is 3.72. The van der Waals surface area contributed by atoms with Crippen molar-refractivity contribution in [1.29, 1.82) is 0 Å². The summed E-state index contributed by atoms with van der Waals surface area (Å²) in [6.07, 6.45) is 0.614. The Labute approximate surface area is 161 Å². The van der Waals surface area contributed by atoms with Crippen LogP contribution in [0.2, 0.25) is 0 Å². The van der Waals surface area contributed by atoms with Crippen LogP contribution in [-0.4, -0.2) is 0 Å². The zero-order valence-electron chi connectivity index (χ0n) is 18.7. The summed E-state index contributed by atoms with van der Waals surface area (Å²) in [5, 5.41) is 0. The minimum atomic E-state index is -1.35. The maximum atomic E-state index is 8.50. The van der Waals surface area contributed by atoms with Crippen molar-refractivity contribution in [3.8, 4) is 22.4 Å². The first kappa shape index (κ1) is 15.8. The fraction of sp³-hybridized carbons (Fsp3) is 0.320. The lowest BCUT2D eigenvalue weighted by Gasteiger charge is -2.13. The van der Waals surface area contributed by atoms with Gasteiger partial charge in [0.15, 0.2) is 6.20 Å². The van der Waals surface area contributed by atoms with Gasteiger partial charge in [-0.05, 0) is 66.9 Å². The Hall–Kier alpha value is -2.41. The van der Waals surface area contributed by atoms with Crippen LogP contribution in [0.15, 0.2) is 54.7 Å². The fourth-order valence-corrected chi connectivity index (χ4v) is 3.44. The molecule has 0 fully saturated rings. The van der Waals surface area contributed by atoms with Crippen molar-refractivity contribution in [2.24, 2.45) is 13.0 Å². The van der Waals surface area contributed by atoms with Gasteiger partial charge in [0.05, 0.1) is 0 Å². The molecule has 0 aliphatic rings. The zero-order chi connectivity index (χ0) is 20.6. The van der Waals surface area contributed by atoms with Gasteiger partial charge in [0.1, 0.15) is 7.05 Å². The predicted octanol–water partition coefficient (Wildman–Crippen LogP) is 5.97. The highest BCUT2D eigenvalue weighted by molar-refractivity contribution is 5.74. The molecule has 0 saturated heterocycles. The molecule has 0 amide bonds. The van der Waals surface area contributed by atoms with Gasteiger partial charge in [0, 0.05) is 19.9 Å². The molecule has 0 aliphatic heterocycles. The lowest BCUT2D eigenvalue weighted by Crippen LogP contribution is -2.32. The van der Waals surface area contributed by atoms with E-state index in [0.29, 0.717) is 0 Å². The van der Waals surface area contributed by atoms with Crippen LogP contribution in [0.5, 0.6) is 0 Å². The molecule has 0 unspecified atom stereocenters. The van der Waals surface area contributed by atoms with E-state index in [-0.39, 0.29) is 5.92 Å². The average Bonchev–Trinajstić information content (AvgIpc) is 2.64. The lowest BCUT2D eigenvalue weighted by molar-refractivity contribution is -0.660. The lowest BCUT2D eigenvalue weighted by atomic mass is 9.93. The highest BCUT2D eigenvalue weighted by atomic mass is 14.9. The summed E-state index contributed by atoms with van der Waals surface area (Å²) in [5.74, 6) is -0.0804. The van der Waals surface area contributed by atoms with Crippen molar-refractivity contribution in [3.05, 3.63) is 77.0 Å². The quantitative estimate of drug-likeness (QED) is 0.512. The smallest absolute Gasteiger partial charge is 0.201 e. The third-order valence-electron chi connectivity index (χ3n) is 4.89. The minimum Gasteiger partial charge on any atom is -0.201 e. The molecule has 0 atom stereocenters. The number of rotatable bonds is 4. The average molecular weight is 347 g/mol. The molecule has 0 aliphatic carbocycles. The van der Waals surface area contributed by atoms with Crippen molar-refractivity contribution in [3.63, 3.8) is 0 Å². The molecule has 0 N–H and O–H groups in total. The van der Waals surface area contributed by atoms with Crippen LogP contribution in [0.4, 0.5) is 0 Å². The summed E-state index contributed by atoms with van der Waals surface area (Å²) in [4.78, 5) is 0. The molecule has 26 heavy (non-hydrogen) atoms. The van der Waals surface area contributed by atoms with Crippen molar-refractivity contribution >= 4 is 0 Å². The highest BCUT2D eigenvalue weighted by Crippen LogP contribution is 2.30. The molecule has 3 rings (SSSR count). The summed E-state index contributed by atoms with van der Waals surface area (Å²) < 4.78 is 19.1. The van der Waals surface area contributed by atoms with Crippen molar-refractivity contribution < 1.29 is 7.31 Å². The van der Waals surface area contributed by atoms with E-state index in [1.165, 1.54) is 27.8 Å². The molecule has 0 saturated carbocycles. The number of hydrogen-bond acceptors (Lipinski definition) is 0. The molecule has 0 bridgehead atoms. The van der Waals surface area contributed by atoms with Gasteiger partial charge >= 0.3 is 0 Å². The highest BCUT2D eigenvalue weighted by Gasteiger charge is 2.17. The molecule has 1 aromatic heterocycles. The second-order valence-corrected chi connectivity index (χ2v) is 7.51. The SMILES string of the molecule is [2H]C([2H])(c1c[n+](C)c(-c2cc(-c3ccccc3C)ccc2C)cc1C)C(C)C. The van der Waals surface area contributed by atoms with Gasteiger partial charge in [-0.2, -0.15) is 0 Å². The first-order valence-corrected chi connectivity index (χ1v) is 9.30. The predicted molar refractivity (Wildman–Crippen MR) is 111 cm³/mol. The third-order valence-corrected chi connectivity index (χ3v) is 4.89. The van der Waals surface area contributed by atoms with Crippen LogP contribution < -0.4 is 4.57 Å². The number of benzene rings is 2. The van der Waals surface area contributed by atoms with Gasteiger partial charge in [-0.3, -0.25) is 0 Å². The minimum absolute atomic E-state index is 0.0804. The van der Waals surface area contributed by atoms with E-state index in [1.54, 1.807) is 0 Å². The fourth-order valence-electron chi connectivity index (χ4n) is 3.44. The van der Waals surface area contributed by atoms with Gasteiger partial charge < -0.3 is 0 Å². The second kappa shape index (κ2) is 7.45. The molecule has 1 heteroatoms. The molecule has 2 aromatic carbocycles. The van der Waals surface area contributed by atoms with Gasteiger partial charge in [-0.25, -0.2) is 4.57 Å². The Morgan fingerprint density at radius 3 is 2.27 bits per heavy atom. The van der Waals surface area contributed by atoms with Crippen LogP contribution >= 0.6 is 0 Å². The van der Waals surface area contributed by atoms with Crippen molar-refractivity contribution in [1.82, 2.24) is 0 Å². The van der Waals surface area contributed by atoms with Crippen molar-refractivity contribution in [2.75, 3.05) is 0 Å². The largest absolute Gasteiger partial charge is 0.212 e. The summed E-state index contributed by atoms with van der Waals surface area (Å²) in [7, 11) is 2.01. The summed E-state index contributed by atoms with van der Waals surface area (Å²) in [6.45, 7) is 10.2. The topological polar surface area (TPSA) is 3.88 Å². The Bertz CT molecular complexity index is 1020. The molecule has 3 aromatic rings. The van der Waals surface area contributed by atoms with Gasteiger partial charge in [-0.1, -0.05) is 50.2 Å². The van der Waals surface area contributed by atoms with Crippen LogP contribution in [0.3, 0.4) is 0 Å². The van der Waals surface area contributed by atoms with Crippen LogP contribution in [-0.2, 0) is 13.4 Å². The summed E-state index contributed by atoms with van der Waals surface area (Å²) in [6, 6.07) is 17.2. The van der Waals surface area contributed by atoms with Gasteiger partial charge in [0.25, 0.3) is 0 Å². The molecular weight excluding hydrogens is 314 g/mol. The molecule has 1 nitrogen and oxygen atoms in total. The van der Waals surface area contributed by atoms with E-state index in [2.05, 4.69) is 66.9 Å². The van der Waals surface area contributed by atoms with E-state index in [1.807, 2.05) is 34.0 Å². The van der Waals surface area contributed by atoms with Gasteiger partial charge in [0.2, 0.25) is 5.69 Å². The standard InChI is InChI=1S/C25H30N/c1-17(2)13-22-16-26(6)25(14-20(22)5)24-15-21(12-11-19(24)4)23-10-8-7-9-18(23)3/h7-12,14-17H,13H2,1-6H3/q+1/i13D2. The Morgan fingerprint density at radius 2 is 1.58 bits per heavy atom. The number of aryl methyl sites for hydroxylation is 4. The molecule has 0 radical (unpaired) electrons. The molecule has 134 valence electrons. The van der Waals surface area contributed by atoms with Crippen LogP contribution in [0, 0.1) is 26.7 Å². The monoisotopic (exact) mass is 346 g/mol. The van der Waals surface area contributed by atoms with E-state index >= 15 is 0 Å². The van der Waals surface area contributed by atoms with E-state index in [4.69, 9.17) is 2.74 Å². The Kier molecular flexibility index (Phi) is 4.53. The molecule has 0 spiro atoms.